The number of hydrogen-bond acceptors (Lipinski definition) is 4. The van der Waals surface area contributed by atoms with Gasteiger partial charge in [0.05, 0.1) is 24.4 Å². The van der Waals surface area contributed by atoms with Crippen LogP contribution in [0.5, 0.6) is 0 Å². The van der Waals surface area contributed by atoms with E-state index in [1.165, 1.54) is 0 Å². The van der Waals surface area contributed by atoms with Crippen LogP contribution in [0.25, 0.3) is 22.2 Å². The van der Waals surface area contributed by atoms with Crippen molar-refractivity contribution in [1.29, 1.82) is 0 Å². The highest BCUT2D eigenvalue weighted by molar-refractivity contribution is 6.34. The Hall–Kier alpha value is -1.72. The molecule has 23 heavy (non-hydrogen) atoms. The maximum Gasteiger partial charge on any atom is 0.219 e. The molecule has 2 aromatic carbocycles. The minimum Gasteiger partial charge on any atom is -0.343 e. The SMILES string of the molecule is Clc1ccc2nc(C3OCCO3)nc(-c3ccccc3Cl)c2c1. The molecule has 1 aromatic heterocycles. The molecule has 116 valence electrons. The van der Waals surface area contributed by atoms with E-state index in [2.05, 4.69) is 9.97 Å². The standard InChI is InChI=1S/C17H12Cl2N2O2/c18-10-5-6-14-12(9-10)15(11-3-1-2-4-13(11)19)21-16(20-14)17-22-7-8-23-17/h1-6,9,17H,7-8H2. The van der Waals surface area contributed by atoms with Crippen molar-refractivity contribution in [3.8, 4) is 11.3 Å². The van der Waals surface area contributed by atoms with Crippen molar-refractivity contribution in [3.63, 3.8) is 0 Å². The molecule has 0 atom stereocenters. The quantitative estimate of drug-likeness (QED) is 0.677. The van der Waals surface area contributed by atoms with Crippen LogP contribution in [-0.2, 0) is 9.47 Å². The van der Waals surface area contributed by atoms with E-state index in [0.29, 0.717) is 29.1 Å². The van der Waals surface area contributed by atoms with Crippen molar-refractivity contribution in [2.75, 3.05) is 13.2 Å². The third-order valence-electron chi connectivity index (χ3n) is 3.64. The molecule has 1 aliphatic rings. The predicted molar refractivity (Wildman–Crippen MR) is 89.6 cm³/mol. The fourth-order valence-corrected chi connectivity index (χ4v) is 2.99. The zero-order valence-corrected chi connectivity index (χ0v) is 13.5. The smallest absolute Gasteiger partial charge is 0.219 e. The van der Waals surface area contributed by atoms with Gasteiger partial charge in [0.2, 0.25) is 6.29 Å². The molecule has 3 aromatic rings. The van der Waals surface area contributed by atoms with Crippen LogP contribution in [0, 0.1) is 0 Å². The molecule has 0 N–H and O–H groups in total. The van der Waals surface area contributed by atoms with Gasteiger partial charge in [0.15, 0.2) is 5.82 Å². The lowest BCUT2D eigenvalue weighted by molar-refractivity contribution is -0.0503. The molecule has 2 heterocycles. The molecule has 0 saturated carbocycles. The summed E-state index contributed by atoms with van der Waals surface area (Å²) in [5.41, 5.74) is 2.31. The van der Waals surface area contributed by atoms with E-state index in [-0.39, 0.29) is 0 Å². The number of ether oxygens (including phenoxy) is 2. The number of hydrogen-bond donors (Lipinski definition) is 0. The van der Waals surface area contributed by atoms with Gasteiger partial charge in [-0.25, -0.2) is 9.97 Å². The Bertz CT molecular complexity index is 880. The first-order valence-electron chi connectivity index (χ1n) is 7.18. The van der Waals surface area contributed by atoms with Gasteiger partial charge in [-0.3, -0.25) is 0 Å². The second-order valence-corrected chi connectivity index (χ2v) is 5.99. The summed E-state index contributed by atoms with van der Waals surface area (Å²) in [5, 5.41) is 2.08. The van der Waals surface area contributed by atoms with E-state index in [4.69, 9.17) is 32.7 Å². The maximum atomic E-state index is 6.36. The highest BCUT2D eigenvalue weighted by Gasteiger charge is 2.23. The van der Waals surface area contributed by atoms with Crippen molar-refractivity contribution < 1.29 is 9.47 Å². The molecule has 6 heteroatoms. The van der Waals surface area contributed by atoms with Gasteiger partial charge in [0.25, 0.3) is 0 Å². The van der Waals surface area contributed by atoms with Crippen molar-refractivity contribution in [2.24, 2.45) is 0 Å². The number of fused-ring (bicyclic) bond motifs is 1. The Kier molecular flexibility index (Phi) is 3.91. The van der Waals surface area contributed by atoms with Gasteiger partial charge < -0.3 is 9.47 Å². The van der Waals surface area contributed by atoms with E-state index < -0.39 is 6.29 Å². The Morgan fingerprint density at radius 2 is 1.74 bits per heavy atom. The normalized spacial score (nSPS) is 15.4. The van der Waals surface area contributed by atoms with Crippen molar-refractivity contribution in [3.05, 3.63) is 58.3 Å². The van der Waals surface area contributed by atoms with Gasteiger partial charge in [0.1, 0.15) is 0 Å². The number of benzene rings is 2. The third-order valence-corrected chi connectivity index (χ3v) is 4.20. The van der Waals surface area contributed by atoms with E-state index >= 15 is 0 Å². The summed E-state index contributed by atoms with van der Waals surface area (Å²) in [6, 6.07) is 13.1. The first-order valence-corrected chi connectivity index (χ1v) is 7.93. The molecular formula is C17H12Cl2N2O2. The average molecular weight is 347 g/mol. The van der Waals surface area contributed by atoms with E-state index in [1.54, 1.807) is 6.07 Å². The van der Waals surface area contributed by atoms with E-state index in [1.807, 2.05) is 36.4 Å². The highest BCUT2D eigenvalue weighted by Crippen LogP contribution is 2.34. The lowest BCUT2D eigenvalue weighted by Gasteiger charge is -2.13. The predicted octanol–water partition coefficient (Wildman–Crippen LogP) is 4.65. The molecule has 1 saturated heterocycles. The second kappa shape index (κ2) is 6.06. The van der Waals surface area contributed by atoms with E-state index in [0.717, 1.165) is 22.2 Å². The van der Waals surface area contributed by atoms with Gasteiger partial charge in [-0.15, -0.1) is 0 Å². The van der Waals surface area contributed by atoms with Crippen LogP contribution in [-0.4, -0.2) is 23.2 Å². The third kappa shape index (κ3) is 2.79. The maximum absolute atomic E-state index is 6.36. The fraction of sp³-hybridized carbons (Fsp3) is 0.176. The van der Waals surface area contributed by atoms with Crippen LogP contribution in [0.4, 0.5) is 0 Å². The van der Waals surface area contributed by atoms with Gasteiger partial charge >= 0.3 is 0 Å². The van der Waals surface area contributed by atoms with Crippen LogP contribution >= 0.6 is 23.2 Å². The molecule has 4 rings (SSSR count). The zero-order valence-electron chi connectivity index (χ0n) is 12.0. The van der Waals surface area contributed by atoms with Crippen LogP contribution in [0.3, 0.4) is 0 Å². The van der Waals surface area contributed by atoms with Crippen LogP contribution in [0.1, 0.15) is 12.1 Å². The Labute approximate surface area is 143 Å². The summed E-state index contributed by atoms with van der Waals surface area (Å²) >= 11 is 12.5. The lowest BCUT2D eigenvalue weighted by Crippen LogP contribution is -2.06. The van der Waals surface area contributed by atoms with Crippen molar-refractivity contribution in [2.45, 2.75) is 6.29 Å². The van der Waals surface area contributed by atoms with Gasteiger partial charge in [-0.1, -0.05) is 41.4 Å². The minimum absolute atomic E-state index is 0.493. The molecule has 0 unspecified atom stereocenters. The molecule has 0 amide bonds. The minimum atomic E-state index is -0.545. The molecule has 0 aliphatic carbocycles. The summed E-state index contributed by atoms with van der Waals surface area (Å²) < 4.78 is 11.1. The second-order valence-electron chi connectivity index (χ2n) is 5.15. The summed E-state index contributed by atoms with van der Waals surface area (Å²) in [6.07, 6.45) is -0.545. The van der Waals surface area contributed by atoms with Crippen molar-refractivity contribution >= 4 is 34.1 Å². The largest absolute Gasteiger partial charge is 0.343 e. The van der Waals surface area contributed by atoms with E-state index in [9.17, 15) is 0 Å². The monoisotopic (exact) mass is 346 g/mol. The summed E-state index contributed by atoms with van der Waals surface area (Å²) in [6.45, 7) is 1.07. The number of aromatic nitrogens is 2. The highest BCUT2D eigenvalue weighted by atomic mass is 35.5. The van der Waals surface area contributed by atoms with Crippen molar-refractivity contribution in [1.82, 2.24) is 9.97 Å². The fourth-order valence-electron chi connectivity index (χ4n) is 2.59. The Morgan fingerprint density at radius 1 is 0.957 bits per heavy atom. The zero-order chi connectivity index (χ0) is 15.8. The average Bonchev–Trinajstić information content (AvgIpc) is 3.09. The Morgan fingerprint density at radius 3 is 2.52 bits per heavy atom. The molecular weight excluding hydrogens is 335 g/mol. The number of nitrogens with zero attached hydrogens (tertiary/aromatic N) is 2. The first kappa shape index (κ1) is 14.8. The van der Waals surface area contributed by atoms with Gasteiger partial charge in [0, 0.05) is 21.0 Å². The summed E-state index contributed by atoms with van der Waals surface area (Å²) in [4.78, 5) is 9.20. The summed E-state index contributed by atoms with van der Waals surface area (Å²) in [5.74, 6) is 0.493. The van der Waals surface area contributed by atoms with Crippen LogP contribution < -0.4 is 0 Å². The molecule has 0 bridgehead atoms. The summed E-state index contributed by atoms with van der Waals surface area (Å²) in [7, 11) is 0. The number of halogens is 2. The Balaban J connectivity index is 1.99. The topological polar surface area (TPSA) is 44.2 Å². The molecule has 1 aliphatic heterocycles. The van der Waals surface area contributed by atoms with Crippen LogP contribution in [0.2, 0.25) is 10.0 Å². The molecule has 0 radical (unpaired) electrons. The number of rotatable bonds is 2. The van der Waals surface area contributed by atoms with Gasteiger partial charge in [-0.2, -0.15) is 0 Å². The molecule has 0 spiro atoms. The van der Waals surface area contributed by atoms with Gasteiger partial charge in [-0.05, 0) is 24.3 Å². The lowest BCUT2D eigenvalue weighted by atomic mass is 10.1. The van der Waals surface area contributed by atoms with Crippen LogP contribution in [0.15, 0.2) is 42.5 Å². The molecule has 1 fully saturated rings. The first-order chi connectivity index (χ1) is 11.2. The molecule has 4 nitrogen and oxygen atoms in total.